The fourth-order valence-electron chi connectivity index (χ4n) is 3.33. The van der Waals surface area contributed by atoms with Crippen LogP contribution in [0.3, 0.4) is 0 Å². The fourth-order valence-corrected chi connectivity index (χ4v) is 4.19. The summed E-state index contributed by atoms with van der Waals surface area (Å²) in [6, 6.07) is 15.5. The zero-order chi connectivity index (χ0) is 20.8. The van der Waals surface area contributed by atoms with Gasteiger partial charge in [0.15, 0.2) is 10.9 Å². The lowest BCUT2D eigenvalue weighted by Crippen LogP contribution is -2.37. The monoisotopic (exact) mass is 426 g/mol. The smallest absolute Gasteiger partial charge is 0.196 e. The lowest BCUT2D eigenvalue weighted by molar-refractivity contribution is 0.0382. The van der Waals surface area contributed by atoms with Gasteiger partial charge in [-0.1, -0.05) is 42.1 Å². The van der Waals surface area contributed by atoms with Crippen LogP contribution in [0.15, 0.2) is 59.8 Å². The van der Waals surface area contributed by atoms with Gasteiger partial charge in [0.05, 0.1) is 19.0 Å². The highest BCUT2D eigenvalue weighted by Crippen LogP contribution is 2.24. The van der Waals surface area contributed by atoms with Crippen molar-refractivity contribution >= 4 is 17.5 Å². The molecule has 3 aromatic rings. The van der Waals surface area contributed by atoms with Crippen LogP contribution >= 0.6 is 11.8 Å². The highest BCUT2D eigenvalue weighted by atomic mass is 32.2. The Morgan fingerprint density at radius 2 is 1.77 bits per heavy atom. The second kappa shape index (κ2) is 9.97. The van der Waals surface area contributed by atoms with Crippen molar-refractivity contribution in [3.8, 4) is 5.69 Å². The van der Waals surface area contributed by atoms with E-state index in [0.29, 0.717) is 17.1 Å². The molecule has 2 aromatic carbocycles. The number of ketones is 1. The van der Waals surface area contributed by atoms with E-state index in [-0.39, 0.29) is 17.4 Å². The molecule has 0 bridgehead atoms. The Balaban J connectivity index is 1.52. The van der Waals surface area contributed by atoms with Crippen LogP contribution < -0.4 is 0 Å². The minimum atomic E-state index is -0.296. The number of thioether (sulfide) groups is 1. The third kappa shape index (κ3) is 5.13. The molecule has 0 N–H and O–H groups in total. The molecule has 1 aliphatic rings. The number of aromatic nitrogens is 3. The first-order chi connectivity index (χ1) is 14.7. The van der Waals surface area contributed by atoms with Gasteiger partial charge in [-0.05, 0) is 24.3 Å². The molecule has 8 heteroatoms. The van der Waals surface area contributed by atoms with Gasteiger partial charge in [-0.15, -0.1) is 10.2 Å². The van der Waals surface area contributed by atoms with E-state index >= 15 is 0 Å². The van der Waals surface area contributed by atoms with Crippen LogP contribution in [0.2, 0.25) is 0 Å². The minimum Gasteiger partial charge on any atom is -0.379 e. The first-order valence-electron chi connectivity index (χ1n) is 9.92. The summed E-state index contributed by atoms with van der Waals surface area (Å²) >= 11 is 1.34. The largest absolute Gasteiger partial charge is 0.379 e. The minimum absolute atomic E-state index is 0.0316. The lowest BCUT2D eigenvalue weighted by atomic mass is 10.2. The zero-order valence-electron chi connectivity index (χ0n) is 16.5. The number of carbonyl (C=O) groups is 1. The van der Waals surface area contributed by atoms with E-state index in [2.05, 4.69) is 15.1 Å². The van der Waals surface area contributed by atoms with Crippen molar-refractivity contribution in [3.05, 3.63) is 71.8 Å². The number of morpholine rings is 1. The van der Waals surface area contributed by atoms with E-state index in [9.17, 15) is 9.18 Å². The number of nitrogens with zero attached hydrogens (tertiary/aromatic N) is 4. The fraction of sp³-hybridized carbons (Fsp3) is 0.318. The first-order valence-corrected chi connectivity index (χ1v) is 10.9. The number of benzene rings is 2. The second-order valence-electron chi connectivity index (χ2n) is 6.99. The van der Waals surface area contributed by atoms with Crippen LogP contribution in [-0.2, 0) is 11.2 Å². The summed E-state index contributed by atoms with van der Waals surface area (Å²) in [4.78, 5) is 14.8. The molecule has 1 saturated heterocycles. The van der Waals surface area contributed by atoms with Crippen LogP contribution in [0.1, 0.15) is 16.2 Å². The van der Waals surface area contributed by atoms with Crippen LogP contribution in [0, 0.1) is 5.82 Å². The molecular weight excluding hydrogens is 403 g/mol. The molecule has 0 spiro atoms. The van der Waals surface area contributed by atoms with Gasteiger partial charge >= 0.3 is 0 Å². The molecular formula is C22H23FN4O2S. The molecule has 1 aliphatic heterocycles. The van der Waals surface area contributed by atoms with Gasteiger partial charge in [0.2, 0.25) is 0 Å². The SMILES string of the molecule is O=C(CSc1nnc(CCN2CCOCC2)n1-c1ccc(F)cc1)c1ccccc1. The molecule has 0 radical (unpaired) electrons. The summed E-state index contributed by atoms with van der Waals surface area (Å²) in [6.07, 6.45) is 0.706. The Hall–Kier alpha value is -2.55. The maximum atomic E-state index is 13.5. The molecule has 1 fully saturated rings. The highest BCUT2D eigenvalue weighted by Gasteiger charge is 2.18. The molecule has 156 valence electrons. The van der Waals surface area contributed by atoms with Crippen molar-refractivity contribution in [2.45, 2.75) is 11.6 Å². The van der Waals surface area contributed by atoms with Crippen molar-refractivity contribution in [1.29, 1.82) is 0 Å². The molecule has 6 nitrogen and oxygen atoms in total. The van der Waals surface area contributed by atoms with Gasteiger partial charge in [-0.3, -0.25) is 14.3 Å². The third-order valence-electron chi connectivity index (χ3n) is 4.97. The van der Waals surface area contributed by atoms with E-state index in [0.717, 1.165) is 44.4 Å². The number of hydrogen-bond donors (Lipinski definition) is 0. The van der Waals surface area contributed by atoms with Crippen molar-refractivity contribution in [2.24, 2.45) is 0 Å². The Bertz CT molecular complexity index is 973. The summed E-state index contributed by atoms with van der Waals surface area (Å²) in [7, 11) is 0. The number of Topliss-reactive ketones (excluding diaryl/α,β-unsaturated/α-hetero) is 1. The average molecular weight is 427 g/mol. The maximum Gasteiger partial charge on any atom is 0.196 e. The Kier molecular flexibility index (Phi) is 6.88. The molecule has 0 aliphatic carbocycles. The highest BCUT2D eigenvalue weighted by molar-refractivity contribution is 7.99. The number of halogens is 1. The van der Waals surface area contributed by atoms with Crippen LogP contribution in [0.4, 0.5) is 4.39 Å². The lowest BCUT2D eigenvalue weighted by Gasteiger charge is -2.26. The Morgan fingerprint density at radius 3 is 2.50 bits per heavy atom. The van der Waals surface area contributed by atoms with Gasteiger partial charge < -0.3 is 4.74 Å². The number of rotatable bonds is 8. The van der Waals surface area contributed by atoms with Gasteiger partial charge in [0, 0.05) is 37.3 Å². The average Bonchev–Trinajstić information content (AvgIpc) is 3.20. The first kappa shape index (κ1) is 20.7. The predicted molar refractivity (Wildman–Crippen MR) is 114 cm³/mol. The molecule has 2 heterocycles. The summed E-state index contributed by atoms with van der Waals surface area (Å²) in [5, 5.41) is 9.34. The predicted octanol–water partition coefficient (Wildman–Crippen LogP) is 3.26. The Labute approximate surface area is 179 Å². The van der Waals surface area contributed by atoms with Crippen molar-refractivity contribution < 1.29 is 13.9 Å². The van der Waals surface area contributed by atoms with Crippen molar-refractivity contribution in [2.75, 3.05) is 38.6 Å². The third-order valence-corrected chi connectivity index (χ3v) is 5.90. The molecule has 0 amide bonds. The van der Waals surface area contributed by atoms with E-state index in [1.165, 1.54) is 23.9 Å². The molecule has 0 unspecified atom stereocenters. The van der Waals surface area contributed by atoms with Crippen molar-refractivity contribution in [3.63, 3.8) is 0 Å². The van der Waals surface area contributed by atoms with E-state index in [1.807, 2.05) is 22.8 Å². The summed E-state index contributed by atoms with van der Waals surface area (Å²) in [5.74, 6) is 0.786. The van der Waals surface area contributed by atoms with E-state index < -0.39 is 0 Å². The molecule has 4 rings (SSSR count). The number of hydrogen-bond acceptors (Lipinski definition) is 6. The molecule has 0 saturated carbocycles. The van der Waals surface area contributed by atoms with Crippen LogP contribution in [0.25, 0.3) is 5.69 Å². The normalized spacial score (nSPS) is 14.7. The molecule has 1 aromatic heterocycles. The van der Waals surface area contributed by atoms with E-state index in [4.69, 9.17) is 4.74 Å². The van der Waals surface area contributed by atoms with Gasteiger partial charge in [-0.2, -0.15) is 0 Å². The summed E-state index contributed by atoms with van der Waals surface area (Å²) < 4.78 is 20.8. The second-order valence-corrected chi connectivity index (χ2v) is 7.94. The number of carbonyl (C=O) groups excluding carboxylic acids is 1. The number of ether oxygens (including phenoxy) is 1. The van der Waals surface area contributed by atoms with Gasteiger partial charge in [0.1, 0.15) is 11.6 Å². The summed E-state index contributed by atoms with van der Waals surface area (Å²) in [5.41, 5.74) is 1.46. The van der Waals surface area contributed by atoms with Crippen molar-refractivity contribution in [1.82, 2.24) is 19.7 Å². The van der Waals surface area contributed by atoms with Gasteiger partial charge in [-0.25, -0.2) is 4.39 Å². The topological polar surface area (TPSA) is 60.3 Å². The summed E-state index contributed by atoms with van der Waals surface area (Å²) in [6.45, 7) is 4.13. The van der Waals surface area contributed by atoms with Crippen LogP contribution in [0.5, 0.6) is 0 Å². The maximum absolute atomic E-state index is 13.5. The van der Waals surface area contributed by atoms with E-state index in [1.54, 1.807) is 24.3 Å². The quantitative estimate of drug-likeness (QED) is 0.407. The molecule has 0 atom stereocenters. The molecule has 30 heavy (non-hydrogen) atoms. The zero-order valence-corrected chi connectivity index (χ0v) is 17.4. The standard InChI is InChI=1S/C22H23FN4O2S/c23-18-6-8-19(9-7-18)27-21(10-11-26-12-14-29-15-13-26)24-25-22(27)30-16-20(28)17-4-2-1-3-5-17/h1-9H,10-16H2. The van der Waals surface area contributed by atoms with Crippen LogP contribution in [-0.4, -0.2) is 64.0 Å². The van der Waals surface area contributed by atoms with Gasteiger partial charge in [0.25, 0.3) is 0 Å². The Morgan fingerprint density at radius 1 is 1.03 bits per heavy atom.